The van der Waals surface area contributed by atoms with Gasteiger partial charge >= 0.3 is 26.4 Å². The number of carbonyl (C=O) groups excluding carboxylic acids is 2. The molecule has 0 aliphatic carbocycles. The number of ether oxygens (including phenoxy) is 4. The van der Waals surface area contributed by atoms with Crippen molar-refractivity contribution >= 4 is 60.1 Å². The number of cyclic esters (lactones) is 2. The molecule has 0 aromatic heterocycles. The minimum Gasteiger partial charge on any atom is -0.494 e. The van der Waals surface area contributed by atoms with Crippen LogP contribution in [0.25, 0.3) is 0 Å². The molecule has 6 heterocycles. The Labute approximate surface area is 452 Å². The van der Waals surface area contributed by atoms with Crippen LogP contribution in [-0.4, -0.2) is 157 Å². The largest absolute Gasteiger partial charge is 0.495 e. The van der Waals surface area contributed by atoms with E-state index < -0.39 is 14.2 Å². The Hall–Kier alpha value is -5.53. The lowest BCUT2D eigenvalue weighted by Crippen LogP contribution is -2.46. The number of amides is 2. The SMILES string of the molecule is CC.CC.CCC1CN(c2ccc(N3CCN(CCCOc4ccc5c(c4)B(O)O[C@@H]5CC)CC3)cc2)C(=O)O1.CCC1CN(c2ccc(N3CCN(CCCOc4cccc5c4B(O)O[C@@H]5CN)CC3)cc2)C(=O)O1. The van der Waals surface area contributed by atoms with Crippen molar-refractivity contribution < 1.29 is 47.9 Å². The van der Waals surface area contributed by atoms with Crippen LogP contribution in [0.2, 0.25) is 0 Å². The molecule has 17 nitrogen and oxygen atoms in total. The summed E-state index contributed by atoms with van der Waals surface area (Å²) in [5, 5.41) is 20.4. The normalized spacial score (nSPS) is 21.2. The Balaban J connectivity index is 0.000000208. The lowest BCUT2D eigenvalue weighted by atomic mass is 9.78. The van der Waals surface area contributed by atoms with E-state index in [1.165, 1.54) is 11.4 Å². The van der Waals surface area contributed by atoms with Gasteiger partial charge in [0.05, 0.1) is 38.5 Å². The van der Waals surface area contributed by atoms with E-state index in [0.29, 0.717) is 44.1 Å². The molecule has 4 fully saturated rings. The summed E-state index contributed by atoms with van der Waals surface area (Å²) in [6.45, 7) is 26.8. The number of anilines is 4. The van der Waals surface area contributed by atoms with Gasteiger partial charge in [0.2, 0.25) is 0 Å². The summed E-state index contributed by atoms with van der Waals surface area (Å²) in [5.74, 6) is 1.46. The molecule has 4 N–H and O–H groups in total. The van der Waals surface area contributed by atoms with Gasteiger partial charge in [0.25, 0.3) is 0 Å². The van der Waals surface area contributed by atoms with Crippen molar-refractivity contribution in [1.82, 2.24) is 9.80 Å². The molecule has 4 saturated heterocycles. The van der Waals surface area contributed by atoms with Gasteiger partial charge in [0.1, 0.15) is 23.7 Å². The summed E-state index contributed by atoms with van der Waals surface area (Å²) in [4.78, 5) is 37.4. The van der Waals surface area contributed by atoms with Crippen molar-refractivity contribution in [2.75, 3.05) is 118 Å². The molecule has 0 radical (unpaired) electrons. The Morgan fingerprint density at radius 3 is 1.54 bits per heavy atom. The third kappa shape index (κ3) is 14.3. The molecular formula is C57H83B2N7O10. The topological polar surface area (TPSA) is 175 Å². The lowest BCUT2D eigenvalue weighted by Gasteiger charge is -2.36. The highest BCUT2D eigenvalue weighted by Crippen LogP contribution is 2.31. The van der Waals surface area contributed by atoms with E-state index in [-0.39, 0.29) is 36.6 Å². The fourth-order valence-corrected chi connectivity index (χ4v) is 10.5. The number of carbonyl (C=O) groups is 2. The summed E-state index contributed by atoms with van der Waals surface area (Å²) in [7, 11) is -1.84. The van der Waals surface area contributed by atoms with Crippen LogP contribution in [0.4, 0.5) is 32.3 Å². The Kier molecular flexibility index (Phi) is 22.0. The fourth-order valence-electron chi connectivity index (χ4n) is 10.5. The number of nitrogens with two attached hydrogens (primary N) is 1. The Bertz CT molecular complexity index is 2430. The number of piperazine rings is 2. The van der Waals surface area contributed by atoms with Crippen molar-refractivity contribution in [3.8, 4) is 11.5 Å². The van der Waals surface area contributed by atoms with Crippen molar-refractivity contribution in [2.45, 2.75) is 105 Å². The number of hydrogen-bond donors (Lipinski definition) is 3. The maximum Gasteiger partial charge on any atom is 0.495 e. The summed E-state index contributed by atoms with van der Waals surface area (Å²) in [6.07, 6.45) is 3.52. The van der Waals surface area contributed by atoms with Crippen LogP contribution in [-0.2, 0) is 18.8 Å². The van der Waals surface area contributed by atoms with E-state index in [4.69, 9.17) is 34.0 Å². The van der Waals surface area contributed by atoms with E-state index in [2.05, 4.69) is 50.8 Å². The first-order chi connectivity index (χ1) is 37.1. The molecule has 0 spiro atoms. The van der Waals surface area contributed by atoms with Gasteiger partial charge in [-0.05, 0) is 115 Å². The first kappa shape index (κ1) is 58.2. The highest BCUT2D eigenvalue weighted by Gasteiger charge is 2.38. The third-order valence-corrected chi connectivity index (χ3v) is 14.8. The van der Waals surface area contributed by atoms with Crippen LogP contribution in [0.5, 0.6) is 11.5 Å². The predicted octanol–water partition coefficient (Wildman–Crippen LogP) is 6.96. The second-order valence-corrected chi connectivity index (χ2v) is 19.3. The average molecular weight is 1050 g/mol. The second kappa shape index (κ2) is 28.7. The Morgan fingerprint density at radius 1 is 0.579 bits per heavy atom. The standard InChI is InChI=1S/C27H36BN3O5.C26H35BN4O5.2C2H6/c1-3-22-19-31(27(32)35-22)21-8-6-20(7-9-21)30-15-13-29(14-16-30)12-5-17-34-23-10-11-24-25(18-23)28(33)36-26(24)4-2;1-2-21-18-31(26(32)35-21)20-9-7-19(8-10-20)30-14-12-29(13-15-30)11-4-16-34-23-6-3-5-22-24(17-28)36-27(33)25(22)23;2*1-2/h6-11,18,22,26,33H,3-5,12-17,19H2,1-2H3;3,5-10,21,24,33H,2,4,11-18,28H2,1H3;2*1-2H3/t22?,26-;21?,24-;;/m11../s1. The van der Waals surface area contributed by atoms with E-state index in [1.54, 1.807) is 9.80 Å². The zero-order valence-corrected chi connectivity index (χ0v) is 46.1. The fraction of sp³-hybridized carbons (Fsp3) is 0.544. The quantitative estimate of drug-likeness (QED) is 0.0688. The number of fused-ring (bicyclic) bond motifs is 2. The van der Waals surface area contributed by atoms with Gasteiger partial charge in [0, 0.05) is 100 Å². The highest BCUT2D eigenvalue weighted by atomic mass is 16.6. The van der Waals surface area contributed by atoms with Crippen LogP contribution in [0.3, 0.4) is 0 Å². The van der Waals surface area contributed by atoms with Gasteiger partial charge in [-0.2, -0.15) is 0 Å². The molecule has 4 aromatic rings. The maximum atomic E-state index is 12.1. The molecule has 76 heavy (non-hydrogen) atoms. The summed E-state index contributed by atoms with van der Waals surface area (Å²) < 4.78 is 33.9. The van der Waals surface area contributed by atoms with Gasteiger partial charge in [-0.25, -0.2) is 9.59 Å². The van der Waals surface area contributed by atoms with E-state index in [1.807, 2.05) is 102 Å². The van der Waals surface area contributed by atoms with Gasteiger partial charge in [0.15, 0.2) is 0 Å². The molecule has 0 bridgehead atoms. The summed E-state index contributed by atoms with van der Waals surface area (Å²) >= 11 is 0. The van der Waals surface area contributed by atoms with Crippen LogP contribution in [0.1, 0.15) is 104 Å². The minimum absolute atomic E-state index is 0.0138. The molecule has 412 valence electrons. The van der Waals surface area contributed by atoms with E-state index >= 15 is 0 Å². The number of benzene rings is 4. The third-order valence-electron chi connectivity index (χ3n) is 14.8. The predicted molar refractivity (Wildman–Crippen MR) is 304 cm³/mol. The molecule has 10 rings (SSSR count). The molecule has 6 aliphatic heterocycles. The molecule has 4 atom stereocenters. The van der Waals surface area contributed by atoms with Gasteiger partial charge in [-0.15, -0.1) is 0 Å². The highest BCUT2D eigenvalue weighted by molar-refractivity contribution is 6.63. The zero-order chi connectivity index (χ0) is 54.1. The van der Waals surface area contributed by atoms with Gasteiger partial charge < -0.3 is 53.8 Å². The van der Waals surface area contributed by atoms with E-state index in [0.717, 1.165) is 131 Å². The van der Waals surface area contributed by atoms with Crippen LogP contribution < -0.4 is 45.7 Å². The van der Waals surface area contributed by atoms with Crippen LogP contribution in [0, 0.1) is 0 Å². The molecule has 6 aliphatic rings. The Morgan fingerprint density at radius 2 is 1.07 bits per heavy atom. The molecule has 0 saturated carbocycles. The summed E-state index contributed by atoms with van der Waals surface area (Å²) in [6, 6.07) is 28.1. The van der Waals surface area contributed by atoms with Crippen molar-refractivity contribution in [3.05, 3.63) is 96.1 Å². The van der Waals surface area contributed by atoms with Crippen molar-refractivity contribution in [2.24, 2.45) is 5.73 Å². The van der Waals surface area contributed by atoms with Gasteiger partial charge in [-0.3, -0.25) is 19.6 Å². The molecular weight excluding hydrogens is 964 g/mol. The first-order valence-electron chi connectivity index (χ1n) is 28.1. The molecule has 2 amide bonds. The van der Waals surface area contributed by atoms with Gasteiger partial charge in [-0.1, -0.05) is 66.7 Å². The first-order valence-corrected chi connectivity index (χ1v) is 28.1. The lowest BCUT2D eigenvalue weighted by molar-refractivity contribution is 0.138. The van der Waals surface area contributed by atoms with Crippen molar-refractivity contribution in [1.29, 1.82) is 0 Å². The smallest absolute Gasteiger partial charge is 0.494 e. The van der Waals surface area contributed by atoms with Crippen LogP contribution >= 0.6 is 0 Å². The van der Waals surface area contributed by atoms with E-state index in [9.17, 15) is 19.6 Å². The zero-order valence-electron chi connectivity index (χ0n) is 46.1. The van der Waals surface area contributed by atoms with Crippen LogP contribution in [0.15, 0.2) is 84.9 Å². The van der Waals surface area contributed by atoms with Crippen molar-refractivity contribution in [3.63, 3.8) is 0 Å². The average Bonchev–Trinajstić information content (AvgIpc) is 4.25. The number of rotatable bonds is 18. The number of hydrogen-bond acceptors (Lipinski definition) is 15. The molecule has 19 heteroatoms. The number of nitrogens with zero attached hydrogens (tertiary/aromatic N) is 6. The summed E-state index contributed by atoms with van der Waals surface area (Å²) in [5.41, 5.74) is 13.4. The monoisotopic (exact) mass is 1050 g/mol. The molecule has 2 unspecified atom stereocenters. The second-order valence-electron chi connectivity index (χ2n) is 19.3. The maximum absolute atomic E-state index is 12.1. The minimum atomic E-state index is -0.982. The molecule has 4 aromatic carbocycles.